The normalized spacial score (nSPS) is 18.1. The van der Waals surface area contributed by atoms with E-state index < -0.39 is 0 Å². The maximum atomic E-state index is 13.3. The summed E-state index contributed by atoms with van der Waals surface area (Å²) in [4.78, 5) is 14.6. The van der Waals surface area contributed by atoms with Gasteiger partial charge in [-0.3, -0.25) is 0 Å². The minimum atomic E-state index is -0.369. The molecule has 1 N–H and O–H groups in total. The van der Waals surface area contributed by atoms with Crippen molar-refractivity contribution in [2.45, 2.75) is 31.7 Å². The molecular formula is C19H20ClFN2O. The van der Waals surface area contributed by atoms with Gasteiger partial charge >= 0.3 is 6.03 Å². The first kappa shape index (κ1) is 16.8. The third-order valence-corrected chi connectivity index (χ3v) is 4.70. The number of rotatable bonds is 2. The van der Waals surface area contributed by atoms with E-state index in [1.54, 1.807) is 12.1 Å². The zero-order chi connectivity index (χ0) is 16.9. The molecule has 2 amide bonds. The van der Waals surface area contributed by atoms with E-state index in [2.05, 4.69) is 5.32 Å². The van der Waals surface area contributed by atoms with E-state index in [0.29, 0.717) is 17.3 Å². The van der Waals surface area contributed by atoms with Crippen molar-refractivity contribution in [1.82, 2.24) is 4.90 Å². The average Bonchev–Trinajstić information content (AvgIpc) is 2.81. The highest BCUT2D eigenvalue weighted by molar-refractivity contribution is 6.31. The van der Waals surface area contributed by atoms with Gasteiger partial charge in [0, 0.05) is 17.3 Å². The minimum Gasteiger partial charge on any atom is -0.317 e. The predicted octanol–water partition coefficient (Wildman–Crippen LogP) is 5.63. The van der Waals surface area contributed by atoms with Crippen LogP contribution < -0.4 is 5.32 Å². The number of anilines is 1. The molecule has 24 heavy (non-hydrogen) atoms. The number of halogens is 2. The summed E-state index contributed by atoms with van der Waals surface area (Å²) in [6, 6.07) is 13.3. The van der Waals surface area contributed by atoms with Crippen LogP contribution in [-0.2, 0) is 0 Å². The van der Waals surface area contributed by atoms with Gasteiger partial charge in [0.1, 0.15) is 5.82 Å². The molecule has 1 aliphatic rings. The van der Waals surface area contributed by atoms with Gasteiger partial charge in [-0.25, -0.2) is 9.18 Å². The lowest BCUT2D eigenvalue weighted by Crippen LogP contribution is -2.38. The van der Waals surface area contributed by atoms with Crippen LogP contribution in [0.5, 0.6) is 0 Å². The standard InChI is InChI=1S/C19H20ClFN2O/c20-17-10-4-3-9-16(17)18-11-2-1-5-12-23(18)19(24)22-15-8-6-7-14(21)13-15/h3-4,6-10,13,18H,1-2,5,11-12H2,(H,22,24)/t18-/m0/s1. The van der Waals surface area contributed by atoms with E-state index >= 15 is 0 Å². The van der Waals surface area contributed by atoms with Gasteiger partial charge in [0.25, 0.3) is 0 Å². The van der Waals surface area contributed by atoms with Crippen LogP contribution in [0.15, 0.2) is 48.5 Å². The van der Waals surface area contributed by atoms with E-state index in [1.165, 1.54) is 12.1 Å². The van der Waals surface area contributed by atoms with Gasteiger partial charge in [0.2, 0.25) is 0 Å². The number of carbonyl (C=O) groups excluding carboxylic acids is 1. The van der Waals surface area contributed by atoms with Crippen molar-refractivity contribution < 1.29 is 9.18 Å². The number of nitrogens with one attached hydrogen (secondary N) is 1. The maximum Gasteiger partial charge on any atom is 0.322 e. The van der Waals surface area contributed by atoms with Crippen molar-refractivity contribution in [1.29, 1.82) is 0 Å². The molecule has 3 nitrogen and oxygen atoms in total. The molecule has 1 aliphatic heterocycles. The molecule has 2 aromatic carbocycles. The Hall–Kier alpha value is -2.07. The molecule has 126 valence electrons. The molecule has 0 aromatic heterocycles. The first-order valence-electron chi connectivity index (χ1n) is 8.23. The molecule has 5 heteroatoms. The van der Waals surface area contributed by atoms with Crippen molar-refractivity contribution in [2.75, 3.05) is 11.9 Å². The van der Waals surface area contributed by atoms with E-state index in [0.717, 1.165) is 31.2 Å². The topological polar surface area (TPSA) is 32.3 Å². The van der Waals surface area contributed by atoms with Gasteiger partial charge in [0.15, 0.2) is 0 Å². The molecule has 1 fully saturated rings. The van der Waals surface area contributed by atoms with E-state index in [4.69, 9.17) is 11.6 Å². The Labute approximate surface area is 146 Å². The lowest BCUT2D eigenvalue weighted by Gasteiger charge is -2.31. The lowest BCUT2D eigenvalue weighted by atomic mass is 10.0. The van der Waals surface area contributed by atoms with Crippen LogP contribution in [0, 0.1) is 5.82 Å². The van der Waals surface area contributed by atoms with Crippen molar-refractivity contribution in [3.8, 4) is 0 Å². The SMILES string of the molecule is O=C(Nc1cccc(F)c1)N1CCCCC[C@H]1c1ccccc1Cl. The van der Waals surface area contributed by atoms with Gasteiger partial charge in [0.05, 0.1) is 6.04 Å². The van der Waals surface area contributed by atoms with Crippen LogP contribution in [0.3, 0.4) is 0 Å². The maximum absolute atomic E-state index is 13.3. The summed E-state index contributed by atoms with van der Waals surface area (Å²) in [6.45, 7) is 0.664. The smallest absolute Gasteiger partial charge is 0.317 e. The van der Waals surface area contributed by atoms with Gasteiger partial charge in [-0.05, 0) is 42.7 Å². The summed E-state index contributed by atoms with van der Waals surface area (Å²) in [6.07, 6.45) is 3.97. The van der Waals surface area contributed by atoms with Crippen LogP contribution in [-0.4, -0.2) is 17.5 Å². The molecule has 1 heterocycles. The number of amides is 2. The number of benzene rings is 2. The first-order chi connectivity index (χ1) is 11.6. The second kappa shape index (κ2) is 7.67. The molecule has 1 saturated heterocycles. The Balaban J connectivity index is 1.84. The number of hydrogen-bond acceptors (Lipinski definition) is 1. The number of likely N-dealkylation sites (tertiary alicyclic amines) is 1. The first-order valence-corrected chi connectivity index (χ1v) is 8.60. The largest absolute Gasteiger partial charge is 0.322 e. The van der Waals surface area contributed by atoms with Crippen molar-refractivity contribution in [2.24, 2.45) is 0 Å². The molecule has 0 saturated carbocycles. The minimum absolute atomic E-state index is 0.0604. The highest BCUT2D eigenvalue weighted by atomic mass is 35.5. The highest BCUT2D eigenvalue weighted by Gasteiger charge is 2.28. The van der Waals surface area contributed by atoms with Gasteiger partial charge in [-0.2, -0.15) is 0 Å². The molecule has 2 aromatic rings. The van der Waals surface area contributed by atoms with Crippen molar-refractivity contribution in [3.63, 3.8) is 0 Å². The second-order valence-corrected chi connectivity index (χ2v) is 6.43. The lowest BCUT2D eigenvalue weighted by molar-refractivity contribution is 0.189. The molecule has 1 atom stereocenters. The molecular weight excluding hydrogens is 327 g/mol. The van der Waals surface area contributed by atoms with E-state index in [1.807, 2.05) is 29.2 Å². The van der Waals surface area contributed by atoms with Crippen LogP contribution in [0.2, 0.25) is 5.02 Å². The molecule has 0 spiro atoms. The monoisotopic (exact) mass is 346 g/mol. The number of carbonyl (C=O) groups is 1. The third kappa shape index (κ3) is 3.88. The van der Waals surface area contributed by atoms with Crippen LogP contribution in [0.4, 0.5) is 14.9 Å². The number of hydrogen-bond donors (Lipinski definition) is 1. The molecule has 0 bridgehead atoms. The fourth-order valence-corrected chi connectivity index (χ4v) is 3.44. The third-order valence-electron chi connectivity index (χ3n) is 4.35. The van der Waals surface area contributed by atoms with E-state index in [-0.39, 0.29) is 17.9 Å². The van der Waals surface area contributed by atoms with Gasteiger partial charge < -0.3 is 10.2 Å². The quantitative estimate of drug-likeness (QED) is 0.751. The fraction of sp³-hybridized carbons (Fsp3) is 0.316. The Kier molecular flexibility index (Phi) is 5.36. The summed E-state index contributed by atoms with van der Waals surface area (Å²) in [7, 11) is 0. The summed E-state index contributed by atoms with van der Waals surface area (Å²) in [5.74, 6) is -0.369. The van der Waals surface area contributed by atoms with Crippen LogP contribution >= 0.6 is 11.6 Å². The Morgan fingerprint density at radius 3 is 2.75 bits per heavy atom. The Morgan fingerprint density at radius 1 is 1.12 bits per heavy atom. The highest BCUT2D eigenvalue weighted by Crippen LogP contribution is 2.34. The number of nitrogens with zero attached hydrogens (tertiary/aromatic N) is 1. The van der Waals surface area contributed by atoms with E-state index in [9.17, 15) is 9.18 Å². The summed E-state index contributed by atoms with van der Waals surface area (Å²) in [5, 5.41) is 3.48. The molecule has 3 rings (SSSR count). The Bertz CT molecular complexity index is 722. The summed E-state index contributed by atoms with van der Waals surface area (Å²) >= 11 is 6.35. The van der Waals surface area contributed by atoms with Gasteiger partial charge in [-0.1, -0.05) is 48.7 Å². The molecule has 0 radical (unpaired) electrons. The predicted molar refractivity (Wildman–Crippen MR) is 94.8 cm³/mol. The van der Waals surface area contributed by atoms with Crippen molar-refractivity contribution in [3.05, 3.63) is 64.9 Å². The summed E-state index contributed by atoms with van der Waals surface area (Å²) < 4.78 is 13.3. The van der Waals surface area contributed by atoms with Gasteiger partial charge in [-0.15, -0.1) is 0 Å². The zero-order valence-electron chi connectivity index (χ0n) is 13.3. The molecule has 0 aliphatic carbocycles. The second-order valence-electron chi connectivity index (χ2n) is 6.02. The fourth-order valence-electron chi connectivity index (χ4n) is 3.18. The van der Waals surface area contributed by atoms with Crippen molar-refractivity contribution >= 4 is 23.3 Å². The zero-order valence-corrected chi connectivity index (χ0v) is 14.1. The Morgan fingerprint density at radius 2 is 1.96 bits per heavy atom. The van der Waals surface area contributed by atoms with Crippen LogP contribution in [0.25, 0.3) is 0 Å². The molecule has 0 unspecified atom stereocenters. The average molecular weight is 347 g/mol. The van der Waals surface area contributed by atoms with Crippen LogP contribution in [0.1, 0.15) is 37.3 Å². The number of urea groups is 1. The summed E-state index contributed by atoms with van der Waals surface area (Å²) in [5.41, 5.74) is 1.43.